The first-order valence-electron chi connectivity index (χ1n) is 11.0. The third kappa shape index (κ3) is 6.29. The second-order valence-corrected chi connectivity index (χ2v) is 16.0. The molecule has 1 atom stereocenters. The van der Waals surface area contributed by atoms with E-state index >= 15 is 0 Å². The molecular weight excluding hydrogens is 372 g/mol. The van der Waals surface area contributed by atoms with Crippen molar-refractivity contribution in [3.05, 3.63) is 41.9 Å². The lowest BCUT2D eigenvalue weighted by molar-refractivity contribution is 0.259. The third-order valence-corrected chi connectivity index (χ3v) is 10.8. The van der Waals surface area contributed by atoms with E-state index in [1.807, 2.05) is 0 Å². The van der Waals surface area contributed by atoms with Crippen LogP contribution >= 0.6 is 0 Å². The van der Waals surface area contributed by atoms with Gasteiger partial charge in [-0.25, -0.2) is 4.98 Å². The molecule has 2 rings (SSSR count). The topological polar surface area (TPSA) is 27.1 Å². The van der Waals surface area contributed by atoms with Gasteiger partial charge in [-0.1, -0.05) is 72.7 Å². The van der Waals surface area contributed by atoms with Crippen molar-refractivity contribution in [2.75, 3.05) is 6.61 Å². The van der Waals surface area contributed by atoms with Crippen molar-refractivity contribution in [3.63, 3.8) is 0 Å². The van der Waals surface area contributed by atoms with Crippen molar-refractivity contribution in [1.29, 1.82) is 0 Å². The van der Waals surface area contributed by atoms with Crippen LogP contribution in [-0.2, 0) is 23.3 Å². The standard InChI is InChI=1S/C25H42N2OSi/c1-19(15-16-28-29(9,10)25(5,6)7)17-20-11-13-21(14-12-20)22-18-27(8)23(26-22)24(2,3)4/h11-14,18-19H,15-17H2,1-10H3/t19-/m1/s1. The van der Waals surface area contributed by atoms with Gasteiger partial charge in [-0.05, 0) is 42.5 Å². The van der Waals surface area contributed by atoms with Crippen LogP contribution in [0.25, 0.3) is 11.3 Å². The molecule has 2 aromatic rings. The summed E-state index contributed by atoms with van der Waals surface area (Å²) < 4.78 is 8.49. The molecule has 0 saturated heterocycles. The second kappa shape index (κ2) is 8.77. The predicted molar refractivity (Wildman–Crippen MR) is 128 cm³/mol. The maximum absolute atomic E-state index is 6.35. The van der Waals surface area contributed by atoms with Gasteiger partial charge in [0.1, 0.15) is 5.82 Å². The summed E-state index contributed by atoms with van der Waals surface area (Å²) in [4.78, 5) is 4.88. The molecule has 1 heterocycles. The van der Waals surface area contributed by atoms with Crippen molar-refractivity contribution in [2.45, 2.75) is 84.9 Å². The maximum Gasteiger partial charge on any atom is 0.191 e. The highest BCUT2D eigenvalue weighted by molar-refractivity contribution is 6.74. The highest BCUT2D eigenvalue weighted by Crippen LogP contribution is 2.36. The summed E-state index contributed by atoms with van der Waals surface area (Å²) in [7, 11) is 0.448. The first-order chi connectivity index (χ1) is 13.2. The Morgan fingerprint density at radius 3 is 2.10 bits per heavy atom. The van der Waals surface area contributed by atoms with Gasteiger partial charge in [-0.2, -0.15) is 0 Å². The number of imidazole rings is 1. The second-order valence-electron chi connectivity index (χ2n) is 11.2. The van der Waals surface area contributed by atoms with Gasteiger partial charge in [-0.15, -0.1) is 0 Å². The van der Waals surface area contributed by atoms with E-state index in [0.717, 1.165) is 31.0 Å². The molecule has 29 heavy (non-hydrogen) atoms. The van der Waals surface area contributed by atoms with Crippen LogP contribution in [0, 0.1) is 5.92 Å². The average molecular weight is 415 g/mol. The van der Waals surface area contributed by atoms with Crippen molar-refractivity contribution < 1.29 is 4.43 Å². The van der Waals surface area contributed by atoms with Gasteiger partial charge >= 0.3 is 0 Å². The number of nitrogens with zero attached hydrogens (tertiary/aromatic N) is 2. The van der Waals surface area contributed by atoms with Crippen molar-refractivity contribution >= 4 is 8.32 Å². The zero-order valence-electron chi connectivity index (χ0n) is 20.4. The Hall–Kier alpha value is -1.39. The Balaban J connectivity index is 1.94. The minimum atomic E-state index is -1.63. The Morgan fingerprint density at radius 2 is 1.62 bits per heavy atom. The van der Waals surface area contributed by atoms with Crippen LogP contribution in [0.5, 0.6) is 0 Å². The average Bonchev–Trinajstić information content (AvgIpc) is 2.96. The number of aryl methyl sites for hydroxylation is 1. The van der Waals surface area contributed by atoms with Crippen LogP contribution in [0.15, 0.2) is 30.5 Å². The molecule has 3 nitrogen and oxygen atoms in total. The van der Waals surface area contributed by atoms with E-state index in [9.17, 15) is 0 Å². The normalized spacial score (nSPS) is 14.3. The maximum atomic E-state index is 6.35. The molecule has 1 aromatic carbocycles. The monoisotopic (exact) mass is 414 g/mol. The summed E-state index contributed by atoms with van der Waals surface area (Å²) in [5, 5.41) is 0.282. The van der Waals surface area contributed by atoms with Crippen LogP contribution in [0.3, 0.4) is 0 Å². The summed E-state index contributed by atoms with van der Waals surface area (Å²) in [6, 6.07) is 8.93. The van der Waals surface area contributed by atoms with Gasteiger partial charge in [0.25, 0.3) is 0 Å². The van der Waals surface area contributed by atoms with Gasteiger partial charge in [0, 0.05) is 30.8 Å². The van der Waals surface area contributed by atoms with E-state index in [-0.39, 0.29) is 10.5 Å². The van der Waals surface area contributed by atoms with E-state index in [4.69, 9.17) is 9.41 Å². The Labute approximate surface area is 180 Å². The molecule has 162 valence electrons. The number of hydrogen-bond acceptors (Lipinski definition) is 2. The third-order valence-electron chi connectivity index (χ3n) is 6.26. The fourth-order valence-electron chi connectivity index (χ4n) is 3.35. The molecule has 0 aliphatic heterocycles. The van der Waals surface area contributed by atoms with Crippen LogP contribution < -0.4 is 0 Å². The lowest BCUT2D eigenvalue weighted by Crippen LogP contribution is -2.41. The van der Waals surface area contributed by atoms with Crippen molar-refractivity contribution in [3.8, 4) is 11.3 Å². The molecule has 0 aliphatic rings. The molecule has 4 heteroatoms. The van der Waals surface area contributed by atoms with Gasteiger partial charge in [0.05, 0.1) is 5.69 Å². The van der Waals surface area contributed by atoms with Gasteiger partial charge in [-0.3, -0.25) is 0 Å². The molecule has 1 aromatic heterocycles. The quantitative estimate of drug-likeness (QED) is 0.457. The van der Waals surface area contributed by atoms with Crippen LogP contribution in [0.2, 0.25) is 18.1 Å². The molecule has 0 spiro atoms. The molecule has 0 unspecified atom stereocenters. The summed E-state index contributed by atoms with van der Waals surface area (Å²) in [5.41, 5.74) is 3.68. The van der Waals surface area contributed by atoms with E-state index in [1.54, 1.807) is 0 Å². The first-order valence-corrected chi connectivity index (χ1v) is 13.9. The highest BCUT2D eigenvalue weighted by Gasteiger charge is 2.36. The van der Waals surface area contributed by atoms with Crippen molar-refractivity contribution in [1.82, 2.24) is 9.55 Å². The summed E-state index contributed by atoms with van der Waals surface area (Å²) in [5.74, 6) is 1.74. The summed E-state index contributed by atoms with van der Waals surface area (Å²) in [6.07, 6.45) is 4.34. The van der Waals surface area contributed by atoms with E-state index in [1.165, 1.54) is 11.1 Å². The number of hydrogen-bond donors (Lipinski definition) is 0. The Morgan fingerprint density at radius 1 is 1.03 bits per heavy atom. The zero-order valence-corrected chi connectivity index (χ0v) is 21.4. The van der Waals surface area contributed by atoms with E-state index < -0.39 is 8.32 Å². The minimum absolute atomic E-state index is 0.0505. The SMILES string of the molecule is C[C@H](CCO[Si](C)(C)C(C)(C)C)Cc1ccc(-c2cn(C)c(C(C)(C)C)n2)cc1. The van der Waals surface area contributed by atoms with E-state index in [2.05, 4.69) is 104 Å². The van der Waals surface area contributed by atoms with Crippen LogP contribution in [-0.4, -0.2) is 24.5 Å². The summed E-state index contributed by atoms with van der Waals surface area (Å²) in [6.45, 7) is 21.4. The van der Waals surface area contributed by atoms with E-state index in [0.29, 0.717) is 5.92 Å². The predicted octanol–water partition coefficient (Wildman–Crippen LogP) is 6.98. The molecule has 0 aliphatic carbocycles. The molecule has 0 fully saturated rings. The number of benzene rings is 1. The molecule has 0 saturated carbocycles. The molecule has 0 N–H and O–H groups in total. The molecular formula is C25H42N2OSi. The minimum Gasteiger partial charge on any atom is -0.417 e. The fourth-order valence-corrected chi connectivity index (χ4v) is 4.41. The zero-order chi connectivity index (χ0) is 22.0. The van der Waals surface area contributed by atoms with Gasteiger partial charge in [0.2, 0.25) is 0 Å². The molecule has 0 radical (unpaired) electrons. The molecule has 0 amide bonds. The first kappa shape index (κ1) is 23.9. The number of aromatic nitrogens is 2. The van der Waals surface area contributed by atoms with Crippen LogP contribution in [0.1, 0.15) is 66.3 Å². The molecule has 0 bridgehead atoms. The Bertz CT molecular complexity index is 792. The summed E-state index contributed by atoms with van der Waals surface area (Å²) >= 11 is 0. The van der Waals surface area contributed by atoms with Gasteiger partial charge in [0.15, 0.2) is 8.32 Å². The largest absolute Gasteiger partial charge is 0.417 e. The lowest BCUT2D eigenvalue weighted by Gasteiger charge is -2.36. The van der Waals surface area contributed by atoms with Crippen LogP contribution in [0.4, 0.5) is 0 Å². The smallest absolute Gasteiger partial charge is 0.191 e. The Kier molecular flexibility index (Phi) is 7.22. The van der Waals surface area contributed by atoms with Gasteiger partial charge < -0.3 is 8.99 Å². The number of rotatable bonds is 7. The lowest BCUT2D eigenvalue weighted by atomic mass is 9.96. The highest BCUT2D eigenvalue weighted by atomic mass is 28.4. The van der Waals surface area contributed by atoms with Crippen molar-refractivity contribution in [2.24, 2.45) is 13.0 Å². The fraction of sp³-hybridized carbons (Fsp3) is 0.640.